The van der Waals surface area contributed by atoms with Crippen LogP contribution in [0.5, 0.6) is 5.75 Å². The molecule has 0 bridgehead atoms. The van der Waals surface area contributed by atoms with E-state index in [4.69, 9.17) is 4.74 Å². The number of carbonyl (C=O) groups is 1. The molecule has 0 N–H and O–H groups in total. The molecular formula is C21H21FN4O2. The summed E-state index contributed by atoms with van der Waals surface area (Å²) in [5, 5.41) is 4.47. The SMILES string of the molecule is Cc1ncccc1OC(=O)N1CCC(n2cc(-c3ccc(F)cc3)cn2)CC1. The van der Waals surface area contributed by atoms with E-state index in [1.807, 2.05) is 17.8 Å². The van der Waals surface area contributed by atoms with Crippen LogP contribution in [-0.4, -0.2) is 38.8 Å². The summed E-state index contributed by atoms with van der Waals surface area (Å²) in [6.45, 7) is 3.02. The average molecular weight is 380 g/mol. The third-order valence-corrected chi connectivity index (χ3v) is 5.03. The largest absolute Gasteiger partial charge is 0.415 e. The van der Waals surface area contributed by atoms with E-state index >= 15 is 0 Å². The molecular weight excluding hydrogens is 359 g/mol. The van der Waals surface area contributed by atoms with E-state index < -0.39 is 0 Å². The minimum Gasteiger partial charge on any atom is -0.408 e. The number of carbonyl (C=O) groups excluding carboxylic acids is 1. The minimum atomic E-state index is -0.345. The third-order valence-electron chi connectivity index (χ3n) is 5.03. The van der Waals surface area contributed by atoms with E-state index in [1.165, 1.54) is 12.1 Å². The molecule has 3 heterocycles. The molecule has 1 saturated heterocycles. The van der Waals surface area contributed by atoms with Crippen molar-refractivity contribution in [3.8, 4) is 16.9 Å². The first-order valence-corrected chi connectivity index (χ1v) is 9.28. The molecule has 4 rings (SSSR count). The molecule has 0 spiro atoms. The van der Waals surface area contributed by atoms with Crippen LogP contribution in [0.3, 0.4) is 0 Å². The zero-order chi connectivity index (χ0) is 19.5. The molecule has 0 aliphatic carbocycles. The fourth-order valence-electron chi connectivity index (χ4n) is 3.38. The molecule has 2 aromatic heterocycles. The van der Waals surface area contributed by atoms with E-state index in [-0.39, 0.29) is 18.0 Å². The van der Waals surface area contributed by atoms with Crippen molar-refractivity contribution in [3.05, 3.63) is 66.5 Å². The molecule has 7 heteroatoms. The maximum atomic E-state index is 13.1. The van der Waals surface area contributed by atoms with Crippen LogP contribution in [0, 0.1) is 12.7 Å². The molecule has 0 unspecified atom stereocenters. The molecule has 0 atom stereocenters. The van der Waals surface area contributed by atoms with Crippen molar-refractivity contribution < 1.29 is 13.9 Å². The lowest BCUT2D eigenvalue weighted by molar-refractivity contribution is 0.129. The van der Waals surface area contributed by atoms with Gasteiger partial charge in [-0.1, -0.05) is 12.1 Å². The van der Waals surface area contributed by atoms with Crippen molar-refractivity contribution in [3.63, 3.8) is 0 Å². The Balaban J connectivity index is 1.36. The van der Waals surface area contributed by atoms with E-state index in [9.17, 15) is 9.18 Å². The Morgan fingerprint density at radius 2 is 1.89 bits per heavy atom. The number of amides is 1. The standard InChI is InChI=1S/C21H21FN4O2/c1-15-20(3-2-10-23-15)28-21(27)25-11-8-19(9-12-25)26-14-17(13-24-26)16-4-6-18(22)7-5-16/h2-7,10,13-14,19H,8-9,11-12H2,1H3. The Bertz CT molecular complexity index is 963. The summed E-state index contributed by atoms with van der Waals surface area (Å²) in [6.07, 6.45) is 6.69. The number of benzene rings is 1. The van der Waals surface area contributed by atoms with E-state index in [1.54, 1.807) is 41.6 Å². The highest BCUT2D eigenvalue weighted by Crippen LogP contribution is 2.26. The van der Waals surface area contributed by atoms with Crippen molar-refractivity contribution in [1.82, 2.24) is 19.7 Å². The highest BCUT2D eigenvalue weighted by Gasteiger charge is 2.26. The first-order chi connectivity index (χ1) is 13.6. The van der Waals surface area contributed by atoms with E-state index in [0.29, 0.717) is 24.5 Å². The van der Waals surface area contributed by atoms with Crippen LogP contribution in [0.25, 0.3) is 11.1 Å². The summed E-state index contributed by atoms with van der Waals surface area (Å²) in [5.41, 5.74) is 2.57. The molecule has 0 saturated carbocycles. The second-order valence-electron chi connectivity index (χ2n) is 6.89. The number of aromatic nitrogens is 3. The first kappa shape index (κ1) is 18.2. The zero-order valence-corrected chi connectivity index (χ0v) is 15.6. The van der Waals surface area contributed by atoms with Gasteiger partial charge in [-0.15, -0.1) is 0 Å². The molecule has 3 aromatic rings. The molecule has 6 nitrogen and oxygen atoms in total. The summed E-state index contributed by atoms with van der Waals surface area (Å²) in [5.74, 6) is 0.238. The lowest BCUT2D eigenvalue weighted by Crippen LogP contribution is -2.40. The first-order valence-electron chi connectivity index (χ1n) is 9.28. The average Bonchev–Trinajstić information content (AvgIpc) is 3.20. The van der Waals surface area contributed by atoms with Gasteiger partial charge in [0, 0.05) is 31.0 Å². The number of aryl methyl sites for hydroxylation is 1. The maximum absolute atomic E-state index is 13.1. The van der Waals surface area contributed by atoms with Gasteiger partial charge >= 0.3 is 6.09 Å². The van der Waals surface area contributed by atoms with Gasteiger partial charge in [0.15, 0.2) is 5.75 Å². The second-order valence-corrected chi connectivity index (χ2v) is 6.89. The summed E-state index contributed by atoms with van der Waals surface area (Å²) in [7, 11) is 0. The Morgan fingerprint density at radius 1 is 1.14 bits per heavy atom. The van der Waals surface area contributed by atoms with Gasteiger partial charge < -0.3 is 9.64 Å². The van der Waals surface area contributed by atoms with Gasteiger partial charge in [-0.25, -0.2) is 9.18 Å². The monoisotopic (exact) mass is 380 g/mol. The number of hydrogen-bond donors (Lipinski definition) is 0. The van der Waals surface area contributed by atoms with Gasteiger partial charge in [-0.3, -0.25) is 9.67 Å². The minimum absolute atomic E-state index is 0.221. The van der Waals surface area contributed by atoms with Gasteiger partial charge in [0.2, 0.25) is 0 Å². The van der Waals surface area contributed by atoms with Crippen LogP contribution in [0.2, 0.25) is 0 Å². The van der Waals surface area contributed by atoms with Crippen molar-refractivity contribution in [2.45, 2.75) is 25.8 Å². The summed E-state index contributed by atoms with van der Waals surface area (Å²) in [4.78, 5) is 18.3. The number of ether oxygens (including phenoxy) is 1. The summed E-state index contributed by atoms with van der Waals surface area (Å²) < 4.78 is 20.5. The molecule has 1 aliphatic heterocycles. The molecule has 1 aromatic carbocycles. The topological polar surface area (TPSA) is 60.2 Å². The van der Waals surface area contributed by atoms with Crippen molar-refractivity contribution in [2.75, 3.05) is 13.1 Å². The lowest BCUT2D eigenvalue weighted by atomic mass is 10.1. The highest BCUT2D eigenvalue weighted by molar-refractivity contribution is 5.71. The fraction of sp³-hybridized carbons (Fsp3) is 0.286. The van der Waals surface area contributed by atoms with Gasteiger partial charge in [0.25, 0.3) is 0 Å². The highest BCUT2D eigenvalue weighted by atomic mass is 19.1. The predicted octanol–water partition coefficient (Wildman–Crippen LogP) is 4.23. The number of hydrogen-bond acceptors (Lipinski definition) is 4. The number of nitrogens with zero attached hydrogens (tertiary/aromatic N) is 4. The molecule has 1 fully saturated rings. The normalized spacial score (nSPS) is 14.9. The Labute approximate surface area is 162 Å². The van der Waals surface area contributed by atoms with Crippen LogP contribution in [0.4, 0.5) is 9.18 Å². The van der Waals surface area contributed by atoms with Crippen LogP contribution < -0.4 is 4.74 Å². The van der Waals surface area contributed by atoms with Crippen LogP contribution in [-0.2, 0) is 0 Å². The molecule has 1 amide bonds. The van der Waals surface area contributed by atoms with Crippen molar-refractivity contribution in [1.29, 1.82) is 0 Å². The molecule has 0 radical (unpaired) electrons. The number of rotatable bonds is 3. The molecule has 28 heavy (non-hydrogen) atoms. The second kappa shape index (κ2) is 7.80. The van der Waals surface area contributed by atoms with Crippen LogP contribution >= 0.6 is 0 Å². The van der Waals surface area contributed by atoms with Crippen molar-refractivity contribution >= 4 is 6.09 Å². The Hall–Kier alpha value is -3.22. The zero-order valence-electron chi connectivity index (χ0n) is 15.6. The lowest BCUT2D eigenvalue weighted by Gasteiger charge is -2.31. The Morgan fingerprint density at radius 3 is 2.61 bits per heavy atom. The number of likely N-dealkylation sites (tertiary alicyclic amines) is 1. The number of piperidine rings is 1. The maximum Gasteiger partial charge on any atom is 0.415 e. The predicted molar refractivity (Wildman–Crippen MR) is 102 cm³/mol. The van der Waals surface area contributed by atoms with Gasteiger partial charge in [-0.05, 0) is 49.6 Å². The van der Waals surface area contributed by atoms with Crippen molar-refractivity contribution in [2.24, 2.45) is 0 Å². The molecule has 144 valence electrons. The quantitative estimate of drug-likeness (QED) is 0.682. The number of pyridine rings is 1. The van der Waals surface area contributed by atoms with Gasteiger partial charge in [0.05, 0.1) is 17.9 Å². The third kappa shape index (κ3) is 3.88. The van der Waals surface area contributed by atoms with Crippen LogP contribution in [0.1, 0.15) is 24.6 Å². The molecule has 1 aliphatic rings. The van der Waals surface area contributed by atoms with Gasteiger partial charge in [-0.2, -0.15) is 5.10 Å². The Kier molecular flexibility index (Phi) is 5.06. The number of halogens is 1. The smallest absolute Gasteiger partial charge is 0.408 e. The fourth-order valence-corrected chi connectivity index (χ4v) is 3.38. The summed E-state index contributed by atoms with van der Waals surface area (Å²) >= 11 is 0. The van der Waals surface area contributed by atoms with Gasteiger partial charge in [0.1, 0.15) is 5.82 Å². The van der Waals surface area contributed by atoms with E-state index in [0.717, 1.165) is 24.0 Å². The van der Waals surface area contributed by atoms with E-state index in [2.05, 4.69) is 10.1 Å². The van der Waals surface area contributed by atoms with Crippen LogP contribution in [0.15, 0.2) is 55.0 Å². The summed E-state index contributed by atoms with van der Waals surface area (Å²) in [6, 6.07) is 10.1.